The van der Waals surface area contributed by atoms with Crippen molar-refractivity contribution in [1.29, 1.82) is 0 Å². The summed E-state index contributed by atoms with van der Waals surface area (Å²) in [5.41, 5.74) is -0.314. The molecule has 1 aliphatic rings. The van der Waals surface area contributed by atoms with Crippen LogP contribution in [0.15, 0.2) is 34.2 Å². The lowest BCUT2D eigenvalue weighted by atomic mass is 10.3. The average molecular weight is 434 g/mol. The summed E-state index contributed by atoms with van der Waals surface area (Å²) < 4.78 is 49.9. The van der Waals surface area contributed by atoms with Crippen LogP contribution < -0.4 is 15.4 Å². The molecule has 1 atom stereocenters. The Morgan fingerprint density at radius 3 is 2.75 bits per heavy atom. The number of nitrogens with one attached hydrogen (secondary N) is 3. The zero-order valence-electron chi connectivity index (χ0n) is 15.3. The Bertz CT molecular complexity index is 945. The maximum absolute atomic E-state index is 12.2. The van der Waals surface area contributed by atoms with E-state index in [0.29, 0.717) is 18.9 Å². The van der Waals surface area contributed by atoms with Crippen LogP contribution in [0.4, 0.5) is 5.69 Å². The zero-order valence-corrected chi connectivity index (χ0v) is 16.9. The van der Waals surface area contributed by atoms with Gasteiger partial charge in [-0.15, -0.1) is 0 Å². The van der Waals surface area contributed by atoms with Crippen molar-refractivity contribution in [2.24, 2.45) is 4.99 Å². The molecule has 28 heavy (non-hydrogen) atoms. The molecule has 0 amide bonds. The summed E-state index contributed by atoms with van der Waals surface area (Å²) in [7, 11) is -6.93. The zero-order chi connectivity index (χ0) is 20.8. The summed E-state index contributed by atoms with van der Waals surface area (Å²) in [6.07, 6.45) is 0.492. The van der Waals surface area contributed by atoms with E-state index in [2.05, 4.69) is 20.3 Å². The van der Waals surface area contributed by atoms with Crippen molar-refractivity contribution in [3.63, 3.8) is 0 Å². The molecule has 1 aromatic rings. The normalized spacial score (nSPS) is 19.3. The third kappa shape index (κ3) is 6.42. The number of hydrogen-bond acceptors (Lipinski definition) is 7. The highest BCUT2D eigenvalue weighted by Crippen LogP contribution is 2.17. The molecule has 1 saturated heterocycles. The van der Waals surface area contributed by atoms with E-state index < -0.39 is 24.8 Å². The van der Waals surface area contributed by atoms with Gasteiger partial charge in [0.1, 0.15) is 0 Å². The summed E-state index contributed by atoms with van der Waals surface area (Å²) in [6.45, 7) is 2.49. The minimum atomic E-state index is -3.91. The van der Waals surface area contributed by atoms with E-state index in [9.17, 15) is 26.9 Å². The van der Waals surface area contributed by atoms with E-state index in [-0.39, 0.29) is 41.2 Å². The van der Waals surface area contributed by atoms with Crippen LogP contribution in [-0.4, -0.2) is 64.9 Å². The summed E-state index contributed by atoms with van der Waals surface area (Å²) >= 11 is 0. The molecule has 0 aromatic heterocycles. The molecule has 1 aromatic carbocycles. The van der Waals surface area contributed by atoms with Gasteiger partial charge in [-0.05, 0) is 19.4 Å². The first-order valence-electron chi connectivity index (χ1n) is 8.62. The highest BCUT2D eigenvalue weighted by atomic mass is 32.2. The van der Waals surface area contributed by atoms with E-state index in [1.54, 1.807) is 0 Å². The molecule has 13 heteroatoms. The number of nitro benzene ring substituents is 1. The highest BCUT2D eigenvalue weighted by molar-refractivity contribution is 7.91. The third-order valence-corrected chi connectivity index (χ3v) is 7.16. The second kappa shape index (κ2) is 9.30. The van der Waals surface area contributed by atoms with Gasteiger partial charge in [0.25, 0.3) is 5.69 Å². The van der Waals surface area contributed by atoms with E-state index in [4.69, 9.17) is 0 Å². The molecular weight excluding hydrogens is 410 g/mol. The van der Waals surface area contributed by atoms with Gasteiger partial charge in [0.2, 0.25) is 10.0 Å². The van der Waals surface area contributed by atoms with Crippen molar-refractivity contribution >= 4 is 31.5 Å². The molecule has 1 unspecified atom stereocenters. The van der Waals surface area contributed by atoms with Gasteiger partial charge >= 0.3 is 0 Å². The number of nitrogens with zero attached hydrogens (tertiary/aromatic N) is 2. The molecule has 2 rings (SSSR count). The molecule has 0 radical (unpaired) electrons. The molecule has 11 nitrogen and oxygen atoms in total. The molecule has 0 spiro atoms. The third-order valence-electron chi connectivity index (χ3n) is 3.93. The van der Waals surface area contributed by atoms with Crippen LogP contribution in [0, 0.1) is 10.1 Å². The smallest absolute Gasteiger partial charge is 0.270 e. The monoisotopic (exact) mass is 433 g/mol. The topological polar surface area (TPSA) is 160 Å². The number of benzene rings is 1. The number of hydrogen-bond donors (Lipinski definition) is 3. The Balaban J connectivity index is 1.94. The molecular formula is C15H23N5O6S2. The number of guanidine groups is 1. The average Bonchev–Trinajstić information content (AvgIpc) is 2.97. The van der Waals surface area contributed by atoms with Crippen LogP contribution in [0.25, 0.3) is 0 Å². The van der Waals surface area contributed by atoms with Crippen molar-refractivity contribution in [3.8, 4) is 0 Å². The van der Waals surface area contributed by atoms with Gasteiger partial charge < -0.3 is 10.6 Å². The van der Waals surface area contributed by atoms with E-state index in [0.717, 1.165) is 6.07 Å². The predicted octanol–water partition coefficient (Wildman–Crippen LogP) is -0.385. The lowest BCUT2D eigenvalue weighted by Crippen LogP contribution is -2.44. The Labute approximate surface area is 163 Å². The van der Waals surface area contributed by atoms with Crippen LogP contribution in [0.2, 0.25) is 0 Å². The first-order valence-corrected chi connectivity index (χ1v) is 11.9. The van der Waals surface area contributed by atoms with Crippen LogP contribution in [0.5, 0.6) is 0 Å². The van der Waals surface area contributed by atoms with E-state index >= 15 is 0 Å². The first kappa shape index (κ1) is 22.0. The van der Waals surface area contributed by atoms with Crippen molar-refractivity contribution in [1.82, 2.24) is 15.4 Å². The van der Waals surface area contributed by atoms with Gasteiger partial charge in [-0.1, -0.05) is 6.07 Å². The molecule has 156 valence electrons. The fourth-order valence-electron chi connectivity index (χ4n) is 2.62. The standard InChI is InChI=1S/C15H23N5O6S2/c1-2-16-15(19-12-6-9-27(23,24)11-12)17-7-8-18-28(25,26)14-5-3-4-13(10-14)20(21)22/h3-5,10,12,18H,2,6-9,11H2,1H3,(H2,16,17,19). The number of aliphatic imine (C=N–C) groups is 1. The molecule has 0 aliphatic carbocycles. The molecule has 3 N–H and O–H groups in total. The maximum Gasteiger partial charge on any atom is 0.270 e. The first-order chi connectivity index (χ1) is 13.1. The van der Waals surface area contributed by atoms with Gasteiger partial charge in [-0.2, -0.15) is 0 Å². The summed E-state index contributed by atoms with van der Waals surface area (Å²) in [4.78, 5) is 14.1. The number of sulfonamides is 1. The molecule has 0 saturated carbocycles. The van der Waals surface area contributed by atoms with Crippen LogP contribution in [0.3, 0.4) is 0 Å². The van der Waals surface area contributed by atoms with Crippen molar-refractivity contribution < 1.29 is 21.8 Å². The Kier molecular flexibility index (Phi) is 7.32. The molecule has 1 heterocycles. The lowest BCUT2D eigenvalue weighted by Gasteiger charge is -2.15. The minimum absolute atomic E-state index is 0.0232. The van der Waals surface area contributed by atoms with Gasteiger partial charge in [0.05, 0.1) is 27.9 Å². The summed E-state index contributed by atoms with van der Waals surface area (Å²) in [6, 6.07) is 4.53. The van der Waals surface area contributed by atoms with Crippen molar-refractivity contribution in [2.75, 3.05) is 31.1 Å². The number of non-ortho nitro benzene ring substituents is 1. The quantitative estimate of drug-likeness (QED) is 0.164. The van der Waals surface area contributed by atoms with Gasteiger partial charge in [0.15, 0.2) is 15.8 Å². The van der Waals surface area contributed by atoms with Gasteiger partial charge in [-0.25, -0.2) is 21.6 Å². The lowest BCUT2D eigenvalue weighted by molar-refractivity contribution is -0.385. The second-order valence-corrected chi connectivity index (χ2v) is 10.2. The largest absolute Gasteiger partial charge is 0.357 e. The second-order valence-electron chi connectivity index (χ2n) is 6.16. The predicted molar refractivity (Wildman–Crippen MR) is 104 cm³/mol. The van der Waals surface area contributed by atoms with Crippen LogP contribution >= 0.6 is 0 Å². The van der Waals surface area contributed by atoms with Crippen LogP contribution in [-0.2, 0) is 19.9 Å². The Morgan fingerprint density at radius 2 is 2.14 bits per heavy atom. The van der Waals surface area contributed by atoms with Gasteiger partial charge in [-0.3, -0.25) is 15.1 Å². The number of rotatable bonds is 8. The maximum atomic E-state index is 12.2. The van der Waals surface area contributed by atoms with Crippen LogP contribution in [0.1, 0.15) is 13.3 Å². The summed E-state index contributed by atoms with van der Waals surface area (Å²) in [5.74, 6) is 0.573. The Morgan fingerprint density at radius 1 is 1.39 bits per heavy atom. The van der Waals surface area contributed by atoms with E-state index in [1.165, 1.54) is 18.2 Å². The molecule has 1 fully saturated rings. The summed E-state index contributed by atoms with van der Waals surface area (Å²) in [5, 5.41) is 16.8. The SMILES string of the molecule is CCNC(=NCCNS(=O)(=O)c1cccc([N+](=O)[O-])c1)NC1CCS(=O)(=O)C1. The highest BCUT2D eigenvalue weighted by Gasteiger charge is 2.28. The number of nitro groups is 1. The fraction of sp³-hybridized carbons (Fsp3) is 0.533. The molecule has 0 bridgehead atoms. The molecule has 1 aliphatic heterocycles. The minimum Gasteiger partial charge on any atom is -0.357 e. The number of sulfone groups is 1. The van der Waals surface area contributed by atoms with Crippen molar-refractivity contribution in [2.45, 2.75) is 24.3 Å². The van der Waals surface area contributed by atoms with Gasteiger partial charge in [0, 0.05) is 31.3 Å². The fourth-order valence-corrected chi connectivity index (χ4v) is 5.35. The van der Waals surface area contributed by atoms with E-state index in [1.807, 2.05) is 6.92 Å². The van der Waals surface area contributed by atoms with Crippen molar-refractivity contribution in [3.05, 3.63) is 34.4 Å². The Hall–Kier alpha value is -2.25.